The molecule has 1 amide bonds. The van der Waals surface area contributed by atoms with Crippen LogP contribution in [-0.4, -0.2) is 22.3 Å². The first-order chi connectivity index (χ1) is 11.6. The van der Waals surface area contributed by atoms with E-state index in [-0.39, 0.29) is 5.69 Å². The number of hydrogen-bond donors (Lipinski definition) is 2. The summed E-state index contributed by atoms with van der Waals surface area (Å²) in [7, 11) is 0. The van der Waals surface area contributed by atoms with Crippen LogP contribution in [0.1, 0.15) is 16.1 Å². The van der Waals surface area contributed by atoms with Gasteiger partial charge in [-0.05, 0) is 29.8 Å². The van der Waals surface area contributed by atoms with Gasteiger partial charge in [-0.15, -0.1) is 0 Å². The number of hydrazone groups is 1. The van der Waals surface area contributed by atoms with E-state index in [1.54, 1.807) is 30.5 Å². The first kappa shape index (κ1) is 16.2. The van der Waals surface area contributed by atoms with Crippen molar-refractivity contribution in [3.63, 3.8) is 0 Å². The van der Waals surface area contributed by atoms with Crippen LogP contribution in [0.3, 0.4) is 0 Å². The van der Waals surface area contributed by atoms with Crippen LogP contribution >= 0.6 is 23.2 Å². The Morgan fingerprint density at radius 2 is 1.92 bits per heavy atom. The maximum Gasteiger partial charge on any atom is 0.289 e. The number of rotatable bonds is 4. The van der Waals surface area contributed by atoms with Gasteiger partial charge in [0.2, 0.25) is 0 Å². The van der Waals surface area contributed by atoms with Gasteiger partial charge in [-0.3, -0.25) is 9.89 Å². The normalized spacial score (nSPS) is 10.9. The Hall–Kier alpha value is -2.63. The highest BCUT2D eigenvalue weighted by Crippen LogP contribution is 2.29. The standard InChI is InChI=1S/C17H12Cl2N4O/c18-12-6-7-13(14(19)8-12)15-9-16(22-21-15)17(24)23-20-10-11-4-2-1-3-5-11/h1-10H,(H,21,22)(H,23,24)/b20-10+. The van der Waals surface area contributed by atoms with Gasteiger partial charge in [0, 0.05) is 10.6 Å². The third-order valence-corrected chi connectivity index (χ3v) is 3.76. The molecule has 0 saturated carbocycles. The molecule has 0 spiro atoms. The zero-order valence-electron chi connectivity index (χ0n) is 12.3. The molecule has 0 aliphatic heterocycles. The number of benzene rings is 2. The Bertz CT molecular complexity index is 891. The van der Waals surface area contributed by atoms with Crippen LogP contribution in [0.25, 0.3) is 11.3 Å². The van der Waals surface area contributed by atoms with Crippen molar-refractivity contribution >= 4 is 35.3 Å². The van der Waals surface area contributed by atoms with Crippen LogP contribution in [0.2, 0.25) is 10.0 Å². The minimum atomic E-state index is -0.397. The lowest BCUT2D eigenvalue weighted by Crippen LogP contribution is -2.17. The number of H-pyrrole nitrogens is 1. The van der Waals surface area contributed by atoms with Gasteiger partial charge in [0.15, 0.2) is 0 Å². The minimum absolute atomic E-state index is 0.279. The number of carbonyl (C=O) groups excluding carboxylic acids is 1. The number of nitrogens with zero attached hydrogens (tertiary/aromatic N) is 2. The first-order valence-corrected chi connectivity index (χ1v) is 7.78. The molecule has 0 bridgehead atoms. The zero-order chi connectivity index (χ0) is 16.9. The van der Waals surface area contributed by atoms with E-state index in [0.717, 1.165) is 5.56 Å². The van der Waals surface area contributed by atoms with Gasteiger partial charge < -0.3 is 0 Å². The van der Waals surface area contributed by atoms with Gasteiger partial charge in [-0.25, -0.2) is 5.43 Å². The van der Waals surface area contributed by atoms with Crippen LogP contribution in [0.4, 0.5) is 0 Å². The number of nitrogens with one attached hydrogen (secondary N) is 2. The maximum absolute atomic E-state index is 12.1. The third kappa shape index (κ3) is 3.82. The van der Waals surface area contributed by atoms with Crippen molar-refractivity contribution in [2.24, 2.45) is 5.10 Å². The van der Waals surface area contributed by atoms with Crippen LogP contribution in [0.5, 0.6) is 0 Å². The molecule has 0 fully saturated rings. The molecule has 0 radical (unpaired) electrons. The number of hydrogen-bond acceptors (Lipinski definition) is 3. The first-order valence-electron chi connectivity index (χ1n) is 7.03. The van der Waals surface area contributed by atoms with Gasteiger partial charge in [0.1, 0.15) is 5.69 Å². The topological polar surface area (TPSA) is 70.1 Å². The third-order valence-electron chi connectivity index (χ3n) is 3.21. The average Bonchev–Trinajstić information content (AvgIpc) is 3.05. The molecule has 0 saturated heterocycles. The second kappa shape index (κ2) is 7.29. The second-order valence-corrected chi connectivity index (χ2v) is 5.74. The predicted octanol–water partition coefficient (Wildman–Crippen LogP) is 4.15. The quantitative estimate of drug-likeness (QED) is 0.543. The molecule has 120 valence electrons. The Balaban J connectivity index is 1.71. The zero-order valence-corrected chi connectivity index (χ0v) is 13.8. The largest absolute Gasteiger partial charge is 0.289 e. The Labute approximate surface area is 148 Å². The molecular weight excluding hydrogens is 347 g/mol. The minimum Gasteiger partial charge on any atom is -0.272 e. The highest BCUT2D eigenvalue weighted by Gasteiger charge is 2.12. The Morgan fingerprint density at radius 3 is 2.67 bits per heavy atom. The Kier molecular flexibility index (Phi) is 4.93. The molecular formula is C17H12Cl2N4O. The van der Waals surface area contributed by atoms with E-state index < -0.39 is 5.91 Å². The van der Waals surface area contributed by atoms with Crippen molar-refractivity contribution in [2.75, 3.05) is 0 Å². The van der Waals surface area contributed by atoms with Crippen molar-refractivity contribution < 1.29 is 4.79 Å². The number of amides is 1. The summed E-state index contributed by atoms with van der Waals surface area (Å²) < 4.78 is 0. The summed E-state index contributed by atoms with van der Waals surface area (Å²) in [5.41, 5.74) is 4.84. The van der Waals surface area contributed by atoms with Crippen LogP contribution in [0.15, 0.2) is 59.7 Å². The summed E-state index contributed by atoms with van der Waals surface area (Å²) in [6, 6.07) is 16.1. The second-order valence-electron chi connectivity index (χ2n) is 4.90. The number of aromatic amines is 1. The fraction of sp³-hybridized carbons (Fsp3) is 0. The number of carbonyl (C=O) groups is 1. The molecule has 1 aromatic heterocycles. The van der Waals surface area contributed by atoms with E-state index >= 15 is 0 Å². The van der Waals surface area contributed by atoms with Gasteiger partial charge in [0.05, 0.1) is 16.9 Å². The van der Waals surface area contributed by atoms with Gasteiger partial charge >= 0.3 is 0 Å². The fourth-order valence-electron chi connectivity index (χ4n) is 2.04. The lowest BCUT2D eigenvalue weighted by Gasteiger charge is -2.00. The van der Waals surface area contributed by atoms with E-state index in [9.17, 15) is 4.79 Å². The molecule has 7 heteroatoms. The summed E-state index contributed by atoms with van der Waals surface area (Å²) >= 11 is 12.0. The smallest absolute Gasteiger partial charge is 0.272 e. The van der Waals surface area contributed by atoms with E-state index in [1.807, 2.05) is 30.3 Å². The van der Waals surface area contributed by atoms with Crippen LogP contribution < -0.4 is 5.43 Å². The van der Waals surface area contributed by atoms with Gasteiger partial charge in [-0.1, -0.05) is 53.5 Å². The molecule has 2 N–H and O–H groups in total. The summed E-state index contributed by atoms with van der Waals surface area (Å²) in [5, 5.41) is 11.7. The summed E-state index contributed by atoms with van der Waals surface area (Å²) in [6.45, 7) is 0. The van der Waals surface area contributed by atoms with E-state index in [1.165, 1.54) is 0 Å². The van der Waals surface area contributed by atoms with Crippen LogP contribution in [0, 0.1) is 0 Å². The van der Waals surface area contributed by atoms with E-state index in [4.69, 9.17) is 23.2 Å². The maximum atomic E-state index is 12.1. The molecule has 0 aliphatic rings. The predicted molar refractivity (Wildman–Crippen MR) is 95.5 cm³/mol. The molecule has 3 aromatic rings. The molecule has 1 heterocycles. The van der Waals surface area contributed by atoms with Crippen molar-refractivity contribution in [3.05, 3.63) is 75.9 Å². The summed E-state index contributed by atoms with van der Waals surface area (Å²) in [4.78, 5) is 12.1. The molecule has 24 heavy (non-hydrogen) atoms. The fourth-order valence-corrected chi connectivity index (χ4v) is 2.54. The molecule has 0 unspecified atom stereocenters. The molecule has 3 rings (SSSR count). The average molecular weight is 359 g/mol. The summed E-state index contributed by atoms with van der Waals surface area (Å²) in [6.07, 6.45) is 1.56. The van der Waals surface area contributed by atoms with Crippen molar-refractivity contribution in [2.45, 2.75) is 0 Å². The lowest BCUT2D eigenvalue weighted by atomic mass is 10.1. The lowest BCUT2D eigenvalue weighted by molar-refractivity contribution is 0.0950. The Morgan fingerprint density at radius 1 is 1.12 bits per heavy atom. The van der Waals surface area contributed by atoms with E-state index in [0.29, 0.717) is 21.3 Å². The van der Waals surface area contributed by atoms with Gasteiger partial charge in [0.25, 0.3) is 5.91 Å². The molecule has 2 aromatic carbocycles. The van der Waals surface area contributed by atoms with Crippen LogP contribution in [-0.2, 0) is 0 Å². The van der Waals surface area contributed by atoms with Gasteiger partial charge in [-0.2, -0.15) is 10.2 Å². The van der Waals surface area contributed by atoms with E-state index in [2.05, 4.69) is 20.7 Å². The number of halogens is 2. The molecule has 5 nitrogen and oxygen atoms in total. The SMILES string of the molecule is O=C(N/N=C/c1ccccc1)c1cc(-c2ccc(Cl)cc2Cl)n[nH]1. The summed E-state index contributed by atoms with van der Waals surface area (Å²) in [5.74, 6) is -0.397. The van der Waals surface area contributed by atoms with Crippen molar-refractivity contribution in [1.29, 1.82) is 0 Å². The monoisotopic (exact) mass is 358 g/mol. The number of aromatic nitrogens is 2. The highest BCUT2D eigenvalue weighted by molar-refractivity contribution is 6.36. The molecule has 0 atom stereocenters. The molecule has 0 aliphatic carbocycles. The highest BCUT2D eigenvalue weighted by atomic mass is 35.5. The van der Waals surface area contributed by atoms with Crippen molar-refractivity contribution in [3.8, 4) is 11.3 Å². The van der Waals surface area contributed by atoms with Crippen molar-refractivity contribution in [1.82, 2.24) is 15.6 Å².